The Labute approximate surface area is 132 Å². The molecular formula is C17H15N3OS. The first-order chi connectivity index (χ1) is 10.7. The lowest BCUT2D eigenvalue weighted by Gasteiger charge is -2.05. The van der Waals surface area contributed by atoms with Gasteiger partial charge >= 0.3 is 0 Å². The maximum atomic E-state index is 12.3. The smallest absolute Gasteiger partial charge is 0.257 e. The molecule has 5 heteroatoms. The zero-order chi connectivity index (χ0) is 15.4. The molecule has 1 N–H and O–H groups in total. The fraction of sp³-hybridized carbons (Fsp3) is 0.118. The van der Waals surface area contributed by atoms with Gasteiger partial charge in [0.05, 0.1) is 0 Å². The summed E-state index contributed by atoms with van der Waals surface area (Å²) in [5.74, 6) is -0.161. The van der Waals surface area contributed by atoms with Crippen LogP contribution in [0.4, 0.5) is 5.13 Å². The van der Waals surface area contributed by atoms with E-state index in [0.29, 0.717) is 17.1 Å². The minimum atomic E-state index is -0.161. The normalized spacial score (nSPS) is 10.4. The van der Waals surface area contributed by atoms with Crippen LogP contribution in [0.3, 0.4) is 0 Å². The van der Waals surface area contributed by atoms with Gasteiger partial charge in [-0.05, 0) is 24.6 Å². The second kappa shape index (κ2) is 6.49. The van der Waals surface area contributed by atoms with Crippen LogP contribution >= 0.6 is 11.3 Å². The molecule has 0 saturated carbocycles. The number of thiazole rings is 1. The fourth-order valence-electron chi connectivity index (χ4n) is 2.10. The van der Waals surface area contributed by atoms with E-state index in [1.165, 1.54) is 16.9 Å². The molecule has 0 spiro atoms. The lowest BCUT2D eigenvalue weighted by molar-refractivity contribution is 0.102. The van der Waals surface area contributed by atoms with Crippen LogP contribution in [0.1, 0.15) is 26.5 Å². The third-order valence-electron chi connectivity index (χ3n) is 3.15. The minimum Gasteiger partial charge on any atom is -0.298 e. The lowest BCUT2D eigenvalue weighted by Crippen LogP contribution is -2.12. The van der Waals surface area contributed by atoms with Crippen molar-refractivity contribution in [3.05, 3.63) is 76.6 Å². The molecule has 0 aliphatic carbocycles. The van der Waals surface area contributed by atoms with E-state index in [2.05, 4.69) is 15.3 Å². The molecule has 0 saturated heterocycles. The first-order valence-electron chi connectivity index (χ1n) is 6.93. The van der Waals surface area contributed by atoms with Gasteiger partial charge in [-0.15, -0.1) is 11.3 Å². The van der Waals surface area contributed by atoms with E-state index in [1.54, 1.807) is 18.5 Å². The van der Waals surface area contributed by atoms with Gasteiger partial charge in [-0.3, -0.25) is 15.1 Å². The zero-order valence-electron chi connectivity index (χ0n) is 12.1. The van der Waals surface area contributed by atoms with Gasteiger partial charge in [0.15, 0.2) is 5.13 Å². The second-order valence-electron chi connectivity index (χ2n) is 4.93. The van der Waals surface area contributed by atoms with Gasteiger partial charge in [-0.25, -0.2) is 4.98 Å². The average Bonchev–Trinajstić information content (AvgIpc) is 2.93. The highest BCUT2D eigenvalue weighted by molar-refractivity contribution is 7.15. The molecule has 0 atom stereocenters. The average molecular weight is 309 g/mol. The van der Waals surface area contributed by atoms with E-state index in [4.69, 9.17) is 0 Å². The number of hydrogen-bond acceptors (Lipinski definition) is 4. The summed E-state index contributed by atoms with van der Waals surface area (Å²) in [6, 6.07) is 13.6. The predicted octanol–water partition coefficient (Wildman–Crippen LogP) is 3.69. The highest BCUT2D eigenvalue weighted by Crippen LogP contribution is 2.18. The molecule has 0 radical (unpaired) electrons. The van der Waals surface area contributed by atoms with E-state index in [1.807, 2.05) is 43.3 Å². The van der Waals surface area contributed by atoms with Crippen LogP contribution in [0, 0.1) is 6.92 Å². The number of nitrogens with one attached hydrogen (secondary N) is 1. The van der Waals surface area contributed by atoms with Crippen LogP contribution in [0.5, 0.6) is 0 Å². The molecule has 0 aliphatic heterocycles. The molecule has 4 nitrogen and oxygen atoms in total. The highest BCUT2D eigenvalue weighted by Gasteiger charge is 2.09. The predicted molar refractivity (Wildman–Crippen MR) is 88.3 cm³/mol. The van der Waals surface area contributed by atoms with E-state index in [9.17, 15) is 4.79 Å². The number of amides is 1. The summed E-state index contributed by atoms with van der Waals surface area (Å²) in [5, 5.41) is 3.43. The maximum absolute atomic E-state index is 12.3. The number of carbonyl (C=O) groups excluding carboxylic acids is 1. The number of pyridine rings is 1. The fourth-order valence-corrected chi connectivity index (χ4v) is 2.76. The van der Waals surface area contributed by atoms with Gasteiger partial charge in [0.2, 0.25) is 0 Å². The molecule has 0 aliphatic rings. The van der Waals surface area contributed by atoms with Crippen LogP contribution < -0.4 is 5.32 Å². The number of nitrogens with zero attached hydrogens (tertiary/aromatic N) is 2. The summed E-state index contributed by atoms with van der Waals surface area (Å²) in [4.78, 5) is 21.8. The molecule has 1 amide bonds. The van der Waals surface area contributed by atoms with Gasteiger partial charge in [-0.2, -0.15) is 0 Å². The van der Waals surface area contributed by atoms with Crippen molar-refractivity contribution in [3.8, 4) is 0 Å². The van der Waals surface area contributed by atoms with E-state index >= 15 is 0 Å². The van der Waals surface area contributed by atoms with Crippen molar-refractivity contribution in [2.24, 2.45) is 0 Å². The number of aryl methyl sites for hydroxylation is 1. The molecule has 0 bridgehead atoms. The Balaban J connectivity index is 1.74. The number of rotatable bonds is 4. The van der Waals surface area contributed by atoms with Gasteiger partial charge in [0, 0.05) is 34.9 Å². The first-order valence-corrected chi connectivity index (χ1v) is 7.75. The van der Waals surface area contributed by atoms with E-state index in [0.717, 1.165) is 10.6 Å². The van der Waals surface area contributed by atoms with Crippen molar-refractivity contribution < 1.29 is 4.79 Å². The van der Waals surface area contributed by atoms with Crippen LogP contribution in [-0.2, 0) is 6.42 Å². The van der Waals surface area contributed by atoms with Crippen molar-refractivity contribution in [3.63, 3.8) is 0 Å². The molecule has 2 heterocycles. The Morgan fingerprint density at radius 2 is 2.00 bits per heavy atom. The molecule has 3 rings (SSSR count). The standard InChI is InChI=1S/C17H15N3OS/c1-12-11-19-17(22-12)20-16(21)14-7-8-18-15(10-14)9-13-5-3-2-4-6-13/h2-8,10-11H,9H2,1H3,(H,19,20,21). The van der Waals surface area contributed by atoms with Crippen LogP contribution in [0.2, 0.25) is 0 Å². The minimum absolute atomic E-state index is 0.161. The zero-order valence-corrected chi connectivity index (χ0v) is 12.9. The van der Waals surface area contributed by atoms with E-state index in [-0.39, 0.29) is 5.91 Å². The van der Waals surface area contributed by atoms with Crippen molar-refractivity contribution in [1.82, 2.24) is 9.97 Å². The Bertz CT molecular complexity index is 783. The third kappa shape index (κ3) is 3.56. The van der Waals surface area contributed by atoms with Crippen molar-refractivity contribution >= 4 is 22.4 Å². The monoisotopic (exact) mass is 309 g/mol. The van der Waals surface area contributed by atoms with E-state index < -0.39 is 0 Å². The number of benzene rings is 1. The Kier molecular flexibility index (Phi) is 4.25. The Hall–Kier alpha value is -2.53. The Morgan fingerprint density at radius 1 is 1.18 bits per heavy atom. The van der Waals surface area contributed by atoms with Gasteiger partial charge in [0.25, 0.3) is 5.91 Å². The van der Waals surface area contributed by atoms with Gasteiger partial charge < -0.3 is 0 Å². The molecule has 2 aromatic heterocycles. The summed E-state index contributed by atoms with van der Waals surface area (Å²) in [5.41, 5.74) is 2.63. The lowest BCUT2D eigenvalue weighted by atomic mass is 10.1. The number of hydrogen-bond donors (Lipinski definition) is 1. The van der Waals surface area contributed by atoms with Crippen molar-refractivity contribution in [1.29, 1.82) is 0 Å². The summed E-state index contributed by atoms with van der Waals surface area (Å²) >= 11 is 1.46. The number of aromatic nitrogens is 2. The summed E-state index contributed by atoms with van der Waals surface area (Å²) < 4.78 is 0. The van der Waals surface area contributed by atoms with Crippen LogP contribution in [-0.4, -0.2) is 15.9 Å². The molecular weight excluding hydrogens is 294 g/mol. The molecule has 110 valence electrons. The quantitative estimate of drug-likeness (QED) is 0.799. The molecule has 3 aromatic rings. The Morgan fingerprint density at radius 3 is 2.73 bits per heavy atom. The number of carbonyl (C=O) groups is 1. The summed E-state index contributed by atoms with van der Waals surface area (Å²) in [6.07, 6.45) is 4.12. The molecule has 1 aromatic carbocycles. The third-order valence-corrected chi connectivity index (χ3v) is 3.98. The maximum Gasteiger partial charge on any atom is 0.257 e. The summed E-state index contributed by atoms with van der Waals surface area (Å²) in [6.45, 7) is 1.96. The van der Waals surface area contributed by atoms with Crippen LogP contribution in [0.15, 0.2) is 54.9 Å². The molecule has 22 heavy (non-hydrogen) atoms. The van der Waals surface area contributed by atoms with Gasteiger partial charge in [0.1, 0.15) is 0 Å². The second-order valence-corrected chi connectivity index (χ2v) is 6.16. The number of anilines is 1. The highest BCUT2D eigenvalue weighted by atomic mass is 32.1. The molecule has 0 fully saturated rings. The SMILES string of the molecule is Cc1cnc(NC(=O)c2ccnc(Cc3ccccc3)c2)s1. The largest absolute Gasteiger partial charge is 0.298 e. The summed E-state index contributed by atoms with van der Waals surface area (Å²) in [7, 11) is 0. The van der Waals surface area contributed by atoms with Crippen molar-refractivity contribution in [2.45, 2.75) is 13.3 Å². The molecule has 0 unspecified atom stereocenters. The topological polar surface area (TPSA) is 54.9 Å². The first kappa shape index (κ1) is 14.4. The van der Waals surface area contributed by atoms with Crippen LogP contribution in [0.25, 0.3) is 0 Å². The van der Waals surface area contributed by atoms with Crippen molar-refractivity contribution in [2.75, 3.05) is 5.32 Å². The van der Waals surface area contributed by atoms with Gasteiger partial charge in [-0.1, -0.05) is 30.3 Å².